The van der Waals surface area contributed by atoms with Gasteiger partial charge in [0.25, 0.3) is 0 Å². The van der Waals surface area contributed by atoms with Crippen molar-refractivity contribution >= 4 is 5.97 Å². The summed E-state index contributed by atoms with van der Waals surface area (Å²) in [6.07, 6.45) is 9.13. The van der Waals surface area contributed by atoms with Gasteiger partial charge in [0.2, 0.25) is 0 Å². The highest BCUT2D eigenvalue weighted by Crippen LogP contribution is 2.28. The maximum Gasteiger partial charge on any atom is 0.308 e. The standard InChI is InChI=1S/C13H24O2/c1-3-15-13(14)11(2)9-10-12-7-5-4-6-8-12/h11-12H,3-10H2,1-2H3/t11-/m1/s1. The zero-order valence-corrected chi connectivity index (χ0v) is 10.1. The van der Waals surface area contributed by atoms with Gasteiger partial charge in [-0.2, -0.15) is 0 Å². The van der Waals surface area contributed by atoms with E-state index in [0.717, 1.165) is 12.3 Å². The van der Waals surface area contributed by atoms with E-state index < -0.39 is 0 Å². The van der Waals surface area contributed by atoms with E-state index >= 15 is 0 Å². The lowest BCUT2D eigenvalue weighted by Gasteiger charge is -2.22. The SMILES string of the molecule is CCOC(=O)[C@H](C)CCC1CCCCC1. The Labute approximate surface area is 93.4 Å². The van der Waals surface area contributed by atoms with Gasteiger partial charge in [-0.1, -0.05) is 39.0 Å². The summed E-state index contributed by atoms with van der Waals surface area (Å²) in [4.78, 5) is 11.4. The molecule has 0 N–H and O–H groups in total. The first kappa shape index (κ1) is 12.5. The fourth-order valence-corrected chi connectivity index (χ4v) is 2.36. The summed E-state index contributed by atoms with van der Waals surface area (Å²) in [6.45, 7) is 4.36. The Morgan fingerprint density at radius 2 is 2.00 bits per heavy atom. The maximum absolute atomic E-state index is 11.4. The first-order valence-electron chi connectivity index (χ1n) is 6.40. The summed E-state index contributed by atoms with van der Waals surface area (Å²) >= 11 is 0. The molecule has 15 heavy (non-hydrogen) atoms. The van der Waals surface area contributed by atoms with Crippen LogP contribution in [-0.2, 0) is 9.53 Å². The van der Waals surface area contributed by atoms with Crippen LogP contribution in [0.5, 0.6) is 0 Å². The van der Waals surface area contributed by atoms with Crippen LogP contribution in [0.2, 0.25) is 0 Å². The second kappa shape index (κ2) is 6.86. The monoisotopic (exact) mass is 212 g/mol. The fraction of sp³-hybridized carbons (Fsp3) is 0.923. The molecular formula is C13H24O2. The molecule has 1 rings (SSSR count). The van der Waals surface area contributed by atoms with Crippen molar-refractivity contribution in [2.45, 2.75) is 58.8 Å². The average Bonchev–Trinajstić information content (AvgIpc) is 2.27. The molecule has 0 bridgehead atoms. The van der Waals surface area contributed by atoms with Gasteiger partial charge in [0, 0.05) is 0 Å². The Bertz CT molecular complexity index is 183. The summed E-state index contributed by atoms with van der Waals surface area (Å²) < 4.78 is 5.00. The molecule has 1 atom stereocenters. The van der Waals surface area contributed by atoms with E-state index in [2.05, 4.69) is 0 Å². The van der Waals surface area contributed by atoms with Crippen molar-refractivity contribution in [1.29, 1.82) is 0 Å². The number of carbonyl (C=O) groups excluding carboxylic acids is 1. The van der Waals surface area contributed by atoms with Crippen molar-refractivity contribution in [3.05, 3.63) is 0 Å². The molecule has 88 valence electrons. The van der Waals surface area contributed by atoms with Crippen LogP contribution in [0.25, 0.3) is 0 Å². The Morgan fingerprint density at radius 1 is 1.33 bits per heavy atom. The van der Waals surface area contributed by atoms with Crippen LogP contribution in [0.15, 0.2) is 0 Å². The topological polar surface area (TPSA) is 26.3 Å². The van der Waals surface area contributed by atoms with E-state index in [1.165, 1.54) is 38.5 Å². The Hall–Kier alpha value is -0.530. The molecule has 0 aromatic heterocycles. The number of ether oxygens (including phenoxy) is 1. The molecule has 0 aromatic carbocycles. The van der Waals surface area contributed by atoms with E-state index in [1.807, 2.05) is 13.8 Å². The number of hydrogen-bond donors (Lipinski definition) is 0. The van der Waals surface area contributed by atoms with Crippen LogP contribution < -0.4 is 0 Å². The van der Waals surface area contributed by atoms with Gasteiger partial charge in [-0.25, -0.2) is 0 Å². The van der Waals surface area contributed by atoms with Gasteiger partial charge in [0.15, 0.2) is 0 Å². The highest BCUT2D eigenvalue weighted by atomic mass is 16.5. The lowest BCUT2D eigenvalue weighted by Crippen LogP contribution is -2.16. The Kier molecular flexibility index (Phi) is 5.74. The van der Waals surface area contributed by atoms with Crippen molar-refractivity contribution in [3.63, 3.8) is 0 Å². The quantitative estimate of drug-likeness (QED) is 0.651. The summed E-state index contributed by atoms with van der Waals surface area (Å²) in [7, 11) is 0. The van der Waals surface area contributed by atoms with Crippen LogP contribution >= 0.6 is 0 Å². The first-order valence-corrected chi connectivity index (χ1v) is 6.40. The summed E-state index contributed by atoms with van der Waals surface area (Å²) in [5.74, 6) is 0.941. The highest BCUT2D eigenvalue weighted by molar-refractivity contribution is 5.71. The van der Waals surface area contributed by atoms with E-state index in [1.54, 1.807) is 0 Å². The van der Waals surface area contributed by atoms with Crippen molar-refractivity contribution in [3.8, 4) is 0 Å². The molecule has 0 radical (unpaired) electrons. The van der Waals surface area contributed by atoms with Crippen LogP contribution in [0.3, 0.4) is 0 Å². The molecule has 0 aliphatic heterocycles. The van der Waals surface area contributed by atoms with E-state index in [9.17, 15) is 4.79 Å². The zero-order valence-electron chi connectivity index (χ0n) is 10.1. The number of rotatable bonds is 5. The van der Waals surface area contributed by atoms with Crippen LogP contribution in [-0.4, -0.2) is 12.6 Å². The second-order valence-electron chi connectivity index (χ2n) is 4.73. The van der Waals surface area contributed by atoms with Gasteiger partial charge < -0.3 is 4.74 Å². The lowest BCUT2D eigenvalue weighted by atomic mass is 9.84. The van der Waals surface area contributed by atoms with Crippen LogP contribution in [0.1, 0.15) is 58.8 Å². The molecule has 0 saturated heterocycles. The van der Waals surface area contributed by atoms with Gasteiger partial charge in [-0.05, 0) is 25.7 Å². The lowest BCUT2D eigenvalue weighted by molar-refractivity contribution is -0.147. The normalized spacial score (nSPS) is 19.9. The molecule has 1 aliphatic carbocycles. The maximum atomic E-state index is 11.4. The van der Waals surface area contributed by atoms with E-state index in [0.29, 0.717) is 6.61 Å². The molecule has 1 saturated carbocycles. The highest BCUT2D eigenvalue weighted by Gasteiger charge is 2.18. The smallest absolute Gasteiger partial charge is 0.308 e. The molecule has 2 heteroatoms. The molecule has 0 aromatic rings. The molecule has 1 aliphatic rings. The van der Waals surface area contributed by atoms with Gasteiger partial charge in [-0.3, -0.25) is 4.79 Å². The molecule has 0 heterocycles. The third kappa shape index (κ3) is 4.67. The first-order chi connectivity index (χ1) is 7.24. The summed E-state index contributed by atoms with van der Waals surface area (Å²) in [6, 6.07) is 0. The predicted molar refractivity (Wildman–Crippen MR) is 61.6 cm³/mol. The largest absolute Gasteiger partial charge is 0.466 e. The minimum absolute atomic E-state index is 0.0201. The fourth-order valence-electron chi connectivity index (χ4n) is 2.36. The molecule has 0 amide bonds. The zero-order chi connectivity index (χ0) is 11.1. The molecular weight excluding hydrogens is 188 g/mol. The molecule has 1 fully saturated rings. The minimum Gasteiger partial charge on any atom is -0.466 e. The minimum atomic E-state index is -0.0201. The summed E-state index contributed by atoms with van der Waals surface area (Å²) in [5.41, 5.74) is 0. The van der Waals surface area contributed by atoms with Crippen LogP contribution in [0.4, 0.5) is 0 Å². The van der Waals surface area contributed by atoms with Crippen molar-refractivity contribution in [2.75, 3.05) is 6.61 Å². The summed E-state index contributed by atoms with van der Waals surface area (Å²) in [5, 5.41) is 0. The van der Waals surface area contributed by atoms with E-state index in [4.69, 9.17) is 4.74 Å². The predicted octanol–water partition coefficient (Wildman–Crippen LogP) is 3.55. The third-order valence-electron chi connectivity index (χ3n) is 3.42. The molecule has 0 spiro atoms. The molecule has 2 nitrogen and oxygen atoms in total. The van der Waals surface area contributed by atoms with Gasteiger partial charge in [-0.15, -0.1) is 0 Å². The number of esters is 1. The average molecular weight is 212 g/mol. The van der Waals surface area contributed by atoms with Gasteiger partial charge in [0.1, 0.15) is 0 Å². The van der Waals surface area contributed by atoms with Gasteiger partial charge in [0.05, 0.1) is 12.5 Å². The van der Waals surface area contributed by atoms with Crippen molar-refractivity contribution in [1.82, 2.24) is 0 Å². The van der Waals surface area contributed by atoms with Crippen molar-refractivity contribution in [2.24, 2.45) is 11.8 Å². The van der Waals surface area contributed by atoms with E-state index in [-0.39, 0.29) is 11.9 Å². The Balaban J connectivity index is 2.14. The third-order valence-corrected chi connectivity index (χ3v) is 3.42. The van der Waals surface area contributed by atoms with Gasteiger partial charge >= 0.3 is 5.97 Å². The number of carbonyl (C=O) groups is 1. The second-order valence-corrected chi connectivity index (χ2v) is 4.73. The molecule has 0 unspecified atom stereocenters. The number of hydrogen-bond acceptors (Lipinski definition) is 2. The van der Waals surface area contributed by atoms with Crippen molar-refractivity contribution < 1.29 is 9.53 Å². The Morgan fingerprint density at radius 3 is 2.60 bits per heavy atom. The van der Waals surface area contributed by atoms with Crippen LogP contribution in [0, 0.1) is 11.8 Å².